The smallest absolute Gasteiger partial charge is 0.250 e. The Hall–Kier alpha value is -1.33. The molecule has 1 aromatic carbocycles. The number of aliphatic hydroxyl groups excluding tert-OH is 1. The molecule has 3 rings (SSSR count). The molecule has 4 nitrogen and oxygen atoms in total. The highest BCUT2D eigenvalue weighted by atomic mass is 79.9. The van der Waals surface area contributed by atoms with Gasteiger partial charge in [0.15, 0.2) is 0 Å². The average molecular weight is 352 g/mol. The van der Waals surface area contributed by atoms with Crippen LogP contribution in [0.4, 0.5) is 0 Å². The van der Waals surface area contributed by atoms with E-state index in [1.165, 1.54) is 0 Å². The van der Waals surface area contributed by atoms with Gasteiger partial charge < -0.3 is 15.2 Å². The molecule has 1 heterocycles. The number of aliphatic hydroxyl groups is 1. The molecule has 2 unspecified atom stereocenters. The summed E-state index contributed by atoms with van der Waals surface area (Å²) in [7, 11) is 0. The van der Waals surface area contributed by atoms with Crippen LogP contribution in [0.15, 0.2) is 28.2 Å². The minimum Gasteiger partial charge on any atom is -0.488 e. The molecule has 5 heteroatoms. The minimum atomic E-state index is -0.436. The van der Waals surface area contributed by atoms with Gasteiger partial charge in [-0.2, -0.15) is 0 Å². The van der Waals surface area contributed by atoms with Crippen LogP contribution in [-0.2, 0) is 4.79 Å². The summed E-state index contributed by atoms with van der Waals surface area (Å²) in [5.41, 5.74) is 1.49. The zero-order valence-electron chi connectivity index (χ0n) is 11.6. The van der Waals surface area contributed by atoms with Gasteiger partial charge in [-0.15, -0.1) is 0 Å². The highest BCUT2D eigenvalue weighted by Crippen LogP contribution is 2.29. The summed E-state index contributed by atoms with van der Waals surface area (Å²) in [5.74, 6) is 0.638. The number of amides is 1. The third kappa shape index (κ3) is 3.30. The maximum Gasteiger partial charge on any atom is 0.250 e. The Morgan fingerprint density at radius 2 is 2.14 bits per heavy atom. The topological polar surface area (TPSA) is 58.6 Å². The standard InChI is InChI=1S/C16H18BrNO3/c17-12-5-6-15-10(8-12)7-11(9-21-15)16(20)18-13-3-1-2-4-14(13)19/h5-8,13-14,19H,1-4,9H2,(H,18,20). The number of hydrogen-bond donors (Lipinski definition) is 2. The molecule has 2 atom stereocenters. The Morgan fingerprint density at radius 3 is 2.95 bits per heavy atom. The van der Waals surface area contributed by atoms with Crippen molar-refractivity contribution in [2.45, 2.75) is 37.8 Å². The first kappa shape index (κ1) is 14.6. The van der Waals surface area contributed by atoms with Gasteiger partial charge in [0.05, 0.1) is 17.7 Å². The van der Waals surface area contributed by atoms with Crippen molar-refractivity contribution < 1.29 is 14.6 Å². The summed E-state index contributed by atoms with van der Waals surface area (Å²) in [6.45, 7) is 0.267. The summed E-state index contributed by atoms with van der Waals surface area (Å²) in [5, 5.41) is 12.9. The normalized spacial score (nSPS) is 24.6. The Morgan fingerprint density at radius 1 is 1.33 bits per heavy atom. The van der Waals surface area contributed by atoms with Crippen LogP contribution in [0, 0.1) is 0 Å². The Labute approximate surface area is 132 Å². The number of carbonyl (C=O) groups excluding carboxylic acids is 1. The highest BCUT2D eigenvalue weighted by Gasteiger charge is 2.26. The monoisotopic (exact) mass is 351 g/mol. The van der Waals surface area contributed by atoms with Crippen LogP contribution in [-0.4, -0.2) is 29.8 Å². The quantitative estimate of drug-likeness (QED) is 0.860. The molecular formula is C16H18BrNO3. The fourth-order valence-electron chi connectivity index (χ4n) is 2.82. The number of fused-ring (bicyclic) bond motifs is 1. The fraction of sp³-hybridized carbons (Fsp3) is 0.438. The number of halogens is 1. The van der Waals surface area contributed by atoms with E-state index in [2.05, 4.69) is 21.2 Å². The molecule has 21 heavy (non-hydrogen) atoms. The van der Waals surface area contributed by atoms with E-state index >= 15 is 0 Å². The maximum absolute atomic E-state index is 12.3. The largest absolute Gasteiger partial charge is 0.488 e. The van der Waals surface area contributed by atoms with Gasteiger partial charge in [-0.05, 0) is 37.1 Å². The second-order valence-electron chi connectivity index (χ2n) is 5.57. The van der Waals surface area contributed by atoms with Crippen molar-refractivity contribution >= 4 is 27.9 Å². The molecule has 1 amide bonds. The Bertz CT molecular complexity index is 585. The lowest BCUT2D eigenvalue weighted by Gasteiger charge is -2.29. The zero-order valence-corrected chi connectivity index (χ0v) is 13.2. The SMILES string of the molecule is O=C(NC1CCCCC1O)C1=Cc2cc(Br)ccc2OC1. The highest BCUT2D eigenvalue weighted by molar-refractivity contribution is 9.10. The molecular weight excluding hydrogens is 334 g/mol. The summed E-state index contributed by atoms with van der Waals surface area (Å²) >= 11 is 3.42. The predicted octanol–water partition coefficient (Wildman–Crippen LogP) is 2.64. The van der Waals surface area contributed by atoms with Gasteiger partial charge in [0.2, 0.25) is 0 Å². The molecule has 1 saturated carbocycles. The molecule has 1 aliphatic carbocycles. The molecule has 2 aliphatic rings. The van der Waals surface area contributed by atoms with Gasteiger partial charge >= 0.3 is 0 Å². The van der Waals surface area contributed by atoms with E-state index < -0.39 is 6.10 Å². The molecule has 112 valence electrons. The molecule has 1 aliphatic heterocycles. The number of carbonyl (C=O) groups is 1. The van der Waals surface area contributed by atoms with Crippen molar-refractivity contribution in [1.29, 1.82) is 0 Å². The second-order valence-corrected chi connectivity index (χ2v) is 6.49. The van der Waals surface area contributed by atoms with Crippen molar-refractivity contribution in [3.63, 3.8) is 0 Å². The van der Waals surface area contributed by atoms with E-state index in [0.29, 0.717) is 5.57 Å². The lowest BCUT2D eigenvalue weighted by molar-refractivity contribution is -0.119. The van der Waals surface area contributed by atoms with E-state index in [1.807, 2.05) is 24.3 Å². The zero-order chi connectivity index (χ0) is 14.8. The number of ether oxygens (including phenoxy) is 1. The number of hydrogen-bond acceptors (Lipinski definition) is 3. The van der Waals surface area contributed by atoms with Crippen molar-refractivity contribution in [2.75, 3.05) is 6.61 Å². The van der Waals surface area contributed by atoms with Crippen molar-refractivity contribution in [1.82, 2.24) is 5.32 Å². The maximum atomic E-state index is 12.3. The summed E-state index contributed by atoms with van der Waals surface area (Å²) in [4.78, 5) is 12.3. The van der Waals surface area contributed by atoms with E-state index in [0.717, 1.165) is 41.5 Å². The fourth-order valence-corrected chi connectivity index (χ4v) is 3.20. The summed E-state index contributed by atoms with van der Waals surface area (Å²) < 4.78 is 6.57. The van der Waals surface area contributed by atoms with Gasteiger partial charge in [-0.3, -0.25) is 4.79 Å². The molecule has 0 saturated heterocycles. The van der Waals surface area contributed by atoms with Crippen molar-refractivity contribution in [3.8, 4) is 5.75 Å². The number of rotatable bonds is 2. The summed E-state index contributed by atoms with van der Waals surface area (Å²) in [6, 6.07) is 5.58. The van der Waals surface area contributed by atoms with Gasteiger partial charge in [-0.25, -0.2) is 0 Å². The van der Waals surface area contributed by atoms with Crippen LogP contribution in [0.5, 0.6) is 5.75 Å². The predicted molar refractivity (Wildman–Crippen MR) is 84.0 cm³/mol. The van der Waals surface area contributed by atoms with Crippen LogP contribution in [0.1, 0.15) is 31.2 Å². The van der Waals surface area contributed by atoms with E-state index in [-0.39, 0.29) is 18.6 Å². The molecule has 1 aromatic rings. The third-order valence-electron chi connectivity index (χ3n) is 4.02. The van der Waals surface area contributed by atoms with Crippen LogP contribution in [0.2, 0.25) is 0 Å². The number of nitrogens with one attached hydrogen (secondary N) is 1. The van der Waals surface area contributed by atoms with Gasteiger partial charge in [0.25, 0.3) is 5.91 Å². The number of benzene rings is 1. The lowest BCUT2D eigenvalue weighted by Crippen LogP contribution is -2.46. The van der Waals surface area contributed by atoms with Gasteiger partial charge in [0.1, 0.15) is 12.4 Å². The first-order valence-electron chi connectivity index (χ1n) is 7.25. The summed E-state index contributed by atoms with van der Waals surface area (Å²) in [6.07, 6.45) is 5.09. The first-order valence-corrected chi connectivity index (χ1v) is 8.04. The molecule has 0 aromatic heterocycles. The molecule has 0 spiro atoms. The second kappa shape index (κ2) is 6.20. The minimum absolute atomic E-state index is 0.143. The lowest BCUT2D eigenvalue weighted by atomic mass is 9.92. The third-order valence-corrected chi connectivity index (χ3v) is 4.52. The van der Waals surface area contributed by atoms with Crippen molar-refractivity contribution in [3.05, 3.63) is 33.8 Å². The molecule has 2 N–H and O–H groups in total. The van der Waals surface area contributed by atoms with E-state index in [1.54, 1.807) is 0 Å². The van der Waals surface area contributed by atoms with Crippen LogP contribution in [0.25, 0.3) is 6.08 Å². The van der Waals surface area contributed by atoms with Crippen LogP contribution < -0.4 is 10.1 Å². The molecule has 0 radical (unpaired) electrons. The first-order chi connectivity index (χ1) is 10.1. The average Bonchev–Trinajstić information content (AvgIpc) is 2.48. The van der Waals surface area contributed by atoms with Gasteiger partial charge in [0, 0.05) is 10.0 Å². The molecule has 0 bridgehead atoms. The van der Waals surface area contributed by atoms with Crippen LogP contribution in [0.3, 0.4) is 0 Å². The Kier molecular flexibility index (Phi) is 4.31. The van der Waals surface area contributed by atoms with Gasteiger partial charge in [-0.1, -0.05) is 28.8 Å². The van der Waals surface area contributed by atoms with Crippen molar-refractivity contribution in [2.24, 2.45) is 0 Å². The van der Waals surface area contributed by atoms with E-state index in [9.17, 15) is 9.90 Å². The van der Waals surface area contributed by atoms with E-state index in [4.69, 9.17) is 4.74 Å². The van der Waals surface area contributed by atoms with Crippen LogP contribution >= 0.6 is 15.9 Å². The molecule has 1 fully saturated rings. The Balaban J connectivity index is 1.73.